The fourth-order valence-corrected chi connectivity index (χ4v) is 1.84. The molecular formula is C13H2F10O. The third kappa shape index (κ3) is 2.39. The minimum absolute atomic E-state index is 0.536. The normalized spacial score (nSPS) is 14.0. The van der Waals surface area contributed by atoms with Gasteiger partial charge in [0, 0.05) is 0 Å². The topological polar surface area (TPSA) is 20.2 Å². The lowest BCUT2D eigenvalue weighted by Crippen LogP contribution is -2.28. The third-order valence-electron chi connectivity index (χ3n) is 3.00. The number of halogens is 10. The van der Waals surface area contributed by atoms with Crippen molar-refractivity contribution in [2.75, 3.05) is 0 Å². The first-order valence-corrected chi connectivity index (χ1v) is 5.69. The second-order valence-electron chi connectivity index (χ2n) is 4.41. The lowest BCUT2D eigenvalue weighted by atomic mass is 9.96. The van der Waals surface area contributed by atoms with E-state index in [-0.39, 0.29) is 0 Å². The fourth-order valence-electron chi connectivity index (χ4n) is 1.84. The molecule has 0 unspecified atom stereocenters. The van der Waals surface area contributed by atoms with E-state index in [9.17, 15) is 49.0 Å². The summed E-state index contributed by atoms with van der Waals surface area (Å²) < 4.78 is 133. The Balaban J connectivity index is 2.88. The highest BCUT2D eigenvalue weighted by Crippen LogP contribution is 2.39. The highest BCUT2D eigenvalue weighted by atomic mass is 19.2. The van der Waals surface area contributed by atoms with Crippen LogP contribution < -0.4 is 0 Å². The highest BCUT2D eigenvalue weighted by Gasteiger charge is 2.45. The number of hydrogen-bond donors (Lipinski definition) is 1. The number of aliphatic hydroxyl groups is 1. The molecule has 0 aliphatic heterocycles. The number of alkyl halides is 1. The first kappa shape index (κ1) is 18.0. The third-order valence-corrected chi connectivity index (χ3v) is 3.00. The smallest absolute Gasteiger partial charge is 0.268 e. The monoisotopic (exact) mass is 364 g/mol. The van der Waals surface area contributed by atoms with Crippen LogP contribution in [0.2, 0.25) is 0 Å². The maximum absolute atomic E-state index is 14.2. The van der Waals surface area contributed by atoms with Gasteiger partial charge in [0.15, 0.2) is 46.5 Å². The van der Waals surface area contributed by atoms with Gasteiger partial charge in [0.05, 0.1) is 11.1 Å². The SMILES string of the molecule is O[C@](F)(c1cc(F)c(F)c(F)c1F)c1c(F)c(F)c(F)c(F)c1F. The van der Waals surface area contributed by atoms with E-state index in [2.05, 4.69) is 0 Å². The average molecular weight is 364 g/mol. The largest absolute Gasteiger partial charge is 0.354 e. The van der Waals surface area contributed by atoms with Crippen LogP contribution in [0.4, 0.5) is 43.9 Å². The van der Waals surface area contributed by atoms with E-state index in [0.717, 1.165) is 0 Å². The molecule has 0 fully saturated rings. The Morgan fingerprint density at radius 2 is 0.958 bits per heavy atom. The summed E-state index contributed by atoms with van der Waals surface area (Å²) in [6, 6.07) is -0.536. The quantitative estimate of drug-likeness (QED) is 0.483. The van der Waals surface area contributed by atoms with Crippen molar-refractivity contribution in [2.24, 2.45) is 0 Å². The predicted octanol–water partition coefficient (Wildman–Crippen LogP) is 4.10. The maximum atomic E-state index is 14.2. The summed E-state index contributed by atoms with van der Waals surface area (Å²) in [6.07, 6.45) is 0. The molecule has 1 atom stereocenters. The van der Waals surface area contributed by atoms with E-state index >= 15 is 0 Å². The maximum Gasteiger partial charge on any atom is 0.268 e. The molecule has 2 aromatic rings. The van der Waals surface area contributed by atoms with Gasteiger partial charge in [-0.1, -0.05) is 0 Å². The molecule has 24 heavy (non-hydrogen) atoms. The Morgan fingerprint density at radius 3 is 1.42 bits per heavy atom. The summed E-state index contributed by atoms with van der Waals surface area (Å²) in [5, 5.41) is 9.38. The summed E-state index contributed by atoms with van der Waals surface area (Å²) in [4.78, 5) is 0. The summed E-state index contributed by atoms with van der Waals surface area (Å²) in [5.41, 5.74) is -4.86. The fraction of sp³-hybridized carbons (Fsp3) is 0.0769. The van der Waals surface area contributed by atoms with Gasteiger partial charge in [-0.2, -0.15) is 0 Å². The van der Waals surface area contributed by atoms with Crippen LogP contribution in [0.25, 0.3) is 0 Å². The molecule has 0 amide bonds. The van der Waals surface area contributed by atoms with Crippen LogP contribution in [0.5, 0.6) is 0 Å². The summed E-state index contributed by atoms with van der Waals surface area (Å²) >= 11 is 0. The van der Waals surface area contributed by atoms with Gasteiger partial charge in [-0.25, -0.2) is 43.9 Å². The summed E-state index contributed by atoms with van der Waals surface area (Å²) in [6.45, 7) is 0. The molecule has 11 heteroatoms. The summed E-state index contributed by atoms with van der Waals surface area (Å²) in [5.74, 6) is -28.9. The molecule has 0 heterocycles. The Labute approximate surface area is 125 Å². The van der Waals surface area contributed by atoms with Gasteiger partial charge in [0.2, 0.25) is 5.82 Å². The second kappa shape index (κ2) is 5.65. The molecule has 0 aromatic heterocycles. The van der Waals surface area contributed by atoms with Crippen molar-refractivity contribution >= 4 is 0 Å². The van der Waals surface area contributed by atoms with E-state index in [1.54, 1.807) is 0 Å². The van der Waals surface area contributed by atoms with Gasteiger partial charge >= 0.3 is 0 Å². The van der Waals surface area contributed by atoms with E-state index in [1.165, 1.54) is 0 Å². The molecular weight excluding hydrogens is 362 g/mol. The molecule has 0 saturated heterocycles. The Morgan fingerprint density at radius 1 is 0.583 bits per heavy atom. The van der Waals surface area contributed by atoms with Crippen LogP contribution in [0, 0.1) is 52.4 Å². The predicted molar refractivity (Wildman–Crippen MR) is 56.6 cm³/mol. The van der Waals surface area contributed by atoms with E-state index in [0.29, 0.717) is 0 Å². The molecule has 130 valence electrons. The van der Waals surface area contributed by atoms with Crippen molar-refractivity contribution in [1.29, 1.82) is 0 Å². The van der Waals surface area contributed by atoms with Gasteiger partial charge in [0.25, 0.3) is 5.85 Å². The van der Waals surface area contributed by atoms with Crippen molar-refractivity contribution < 1.29 is 49.0 Å². The van der Waals surface area contributed by atoms with E-state index in [4.69, 9.17) is 0 Å². The standard InChI is InChI=1S/C13H2F10O/c14-3-1-2(5(15)9(19)6(3)16)13(23,24)4-7(17)10(20)12(22)11(21)8(4)18/h1,24H/t13-/m1/s1. The first-order chi connectivity index (χ1) is 10.9. The molecule has 1 nitrogen and oxygen atoms in total. The van der Waals surface area contributed by atoms with Gasteiger partial charge in [-0.3, -0.25) is 0 Å². The molecule has 2 rings (SSSR count). The zero-order valence-electron chi connectivity index (χ0n) is 10.8. The number of benzene rings is 2. The van der Waals surface area contributed by atoms with Crippen LogP contribution in [-0.2, 0) is 5.85 Å². The van der Waals surface area contributed by atoms with E-state index < -0.39 is 75.4 Å². The van der Waals surface area contributed by atoms with Crippen molar-refractivity contribution in [1.82, 2.24) is 0 Å². The highest BCUT2D eigenvalue weighted by molar-refractivity contribution is 5.38. The molecule has 0 aliphatic rings. The zero-order chi connectivity index (χ0) is 18.6. The van der Waals surface area contributed by atoms with Crippen molar-refractivity contribution in [3.8, 4) is 0 Å². The minimum Gasteiger partial charge on any atom is -0.354 e. The molecule has 0 saturated carbocycles. The number of rotatable bonds is 2. The minimum atomic E-state index is -4.91. The van der Waals surface area contributed by atoms with Crippen LogP contribution in [0.15, 0.2) is 6.07 Å². The number of hydrogen-bond acceptors (Lipinski definition) is 1. The van der Waals surface area contributed by atoms with Crippen molar-refractivity contribution in [2.45, 2.75) is 5.85 Å². The lowest BCUT2D eigenvalue weighted by Gasteiger charge is -2.22. The van der Waals surface area contributed by atoms with Crippen molar-refractivity contribution in [3.63, 3.8) is 0 Å². The van der Waals surface area contributed by atoms with Crippen LogP contribution in [0.3, 0.4) is 0 Å². The van der Waals surface area contributed by atoms with Crippen LogP contribution >= 0.6 is 0 Å². The van der Waals surface area contributed by atoms with E-state index in [1.807, 2.05) is 0 Å². The molecule has 1 N–H and O–H groups in total. The second-order valence-corrected chi connectivity index (χ2v) is 4.41. The van der Waals surface area contributed by atoms with Gasteiger partial charge in [-0.15, -0.1) is 0 Å². The molecule has 0 spiro atoms. The average Bonchev–Trinajstić information content (AvgIpc) is 2.52. The molecule has 0 aliphatic carbocycles. The lowest BCUT2D eigenvalue weighted by molar-refractivity contribution is -0.0650. The molecule has 0 radical (unpaired) electrons. The Kier molecular flexibility index (Phi) is 4.25. The van der Waals surface area contributed by atoms with Crippen LogP contribution in [-0.4, -0.2) is 5.11 Å². The van der Waals surface area contributed by atoms with Gasteiger partial charge < -0.3 is 5.11 Å². The van der Waals surface area contributed by atoms with Gasteiger partial charge in [0.1, 0.15) is 0 Å². The molecule has 0 bridgehead atoms. The zero-order valence-corrected chi connectivity index (χ0v) is 10.8. The van der Waals surface area contributed by atoms with Crippen molar-refractivity contribution in [3.05, 3.63) is 69.5 Å². The first-order valence-electron chi connectivity index (χ1n) is 5.69. The molecule has 2 aromatic carbocycles. The summed E-state index contributed by atoms with van der Waals surface area (Å²) in [7, 11) is 0. The Hall–Kier alpha value is -2.30. The van der Waals surface area contributed by atoms with Crippen LogP contribution in [0.1, 0.15) is 11.1 Å². The Bertz CT molecular complexity index is 817. The van der Waals surface area contributed by atoms with Gasteiger partial charge in [-0.05, 0) is 6.07 Å².